The van der Waals surface area contributed by atoms with Crippen LogP contribution >= 0.6 is 0 Å². The summed E-state index contributed by atoms with van der Waals surface area (Å²) in [5.74, 6) is 0.871. The number of nitrogens with one attached hydrogen (secondary N) is 2. The van der Waals surface area contributed by atoms with Gasteiger partial charge in [-0.2, -0.15) is 0 Å². The Hall–Kier alpha value is -2.80. The number of benzene rings is 2. The number of rotatable bonds is 5. The molecule has 0 saturated carbocycles. The fourth-order valence-electron chi connectivity index (χ4n) is 2.43. The minimum atomic E-state index is -1.27. The lowest BCUT2D eigenvalue weighted by Crippen LogP contribution is -2.43. The van der Waals surface area contributed by atoms with E-state index in [4.69, 9.17) is 9.47 Å². The molecule has 1 unspecified atom stereocenters. The highest BCUT2D eigenvalue weighted by molar-refractivity contribution is 5.73. The van der Waals surface area contributed by atoms with E-state index in [0.29, 0.717) is 17.1 Å². The minimum absolute atomic E-state index is 0.0158. The molecule has 25 heavy (non-hydrogen) atoms. The Balaban J connectivity index is 1.52. The summed E-state index contributed by atoms with van der Waals surface area (Å²) in [5.41, 5.74) is 0.114. The molecule has 1 aliphatic rings. The molecule has 0 fully saturated rings. The van der Waals surface area contributed by atoms with Crippen LogP contribution in [-0.2, 0) is 12.1 Å². The molecule has 0 aliphatic carbocycles. The predicted octanol–water partition coefficient (Wildman–Crippen LogP) is 2.26. The van der Waals surface area contributed by atoms with Crippen LogP contribution < -0.4 is 20.1 Å². The third-order valence-corrected chi connectivity index (χ3v) is 3.95. The fourth-order valence-corrected chi connectivity index (χ4v) is 2.43. The summed E-state index contributed by atoms with van der Waals surface area (Å²) in [6, 6.07) is 10.6. The second-order valence-electron chi connectivity index (χ2n) is 6.00. The topological polar surface area (TPSA) is 79.8 Å². The standard InChI is InChI=1S/C18H19FN2O4/c1-18(23,13-4-7-15-16(8-13)25-11-24-15)10-21-17(22)20-9-12-2-5-14(19)6-3-12/h2-8,23H,9-11H2,1H3,(H2,20,21,22). The SMILES string of the molecule is CC(O)(CNC(=O)NCc1ccc(F)cc1)c1ccc2c(c1)OCO2. The van der Waals surface area contributed by atoms with Gasteiger partial charge in [0.15, 0.2) is 11.5 Å². The van der Waals surface area contributed by atoms with E-state index in [2.05, 4.69) is 10.6 Å². The van der Waals surface area contributed by atoms with Crippen molar-refractivity contribution in [2.24, 2.45) is 0 Å². The number of hydrogen-bond acceptors (Lipinski definition) is 4. The minimum Gasteiger partial charge on any atom is -0.454 e. The lowest BCUT2D eigenvalue weighted by molar-refractivity contribution is 0.0591. The molecule has 0 saturated heterocycles. The molecule has 0 aromatic heterocycles. The summed E-state index contributed by atoms with van der Waals surface area (Å²) in [6.45, 7) is 2.04. The molecule has 3 N–H and O–H groups in total. The number of carbonyl (C=O) groups is 1. The zero-order valence-corrected chi connectivity index (χ0v) is 13.7. The van der Waals surface area contributed by atoms with Gasteiger partial charge in [0.05, 0.1) is 6.54 Å². The van der Waals surface area contributed by atoms with E-state index < -0.39 is 11.6 Å². The molecule has 132 valence electrons. The van der Waals surface area contributed by atoms with Crippen LogP contribution in [0.25, 0.3) is 0 Å². The zero-order chi connectivity index (χ0) is 17.9. The normalized spacial score (nSPS) is 14.7. The Kier molecular flexibility index (Phi) is 4.76. The van der Waals surface area contributed by atoms with Gasteiger partial charge in [0.25, 0.3) is 0 Å². The molecule has 0 radical (unpaired) electrons. The van der Waals surface area contributed by atoms with Crippen molar-refractivity contribution in [1.29, 1.82) is 0 Å². The molecule has 2 amide bonds. The quantitative estimate of drug-likeness (QED) is 0.776. The Labute approximate surface area is 144 Å². The van der Waals surface area contributed by atoms with Crippen LogP contribution in [0, 0.1) is 5.82 Å². The van der Waals surface area contributed by atoms with Crippen molar-refractivity contribution in [3.8, 4) is 11.5 Å². The fraction of sp³-hybridized carbons (Fsp3) is 0.278. The van der Waals surface area contributed by atoms with Crippen LogP contribution in [0.2, 0.25) is 0 Å². The van der Waals surface area contributed by atoms with Crippen LogP contribution in [-0.4, -0.2) is 24.5 Å². The maximum absolute atomic E-state index is 12.8. The average molecular weight is 346 g/mol. The largest absolute Gasteiger partial charge is 0.454 e. The van der Waals surface area contributed by atoms with Crippen LogP contribution in [0.5, 0.6) is 11.5 Å². The van der Waals surface area contributed by atoms with E-state index in [9.17, 15) is 14.3 Å². The average Bonchev–Trinajstić information content (AvgIpc) is 3.07. The molecule has 2 aromatic rings. The van der Waals surface area contributed by atoms with Crippen LogP contribution in [0.1, 0.15) is 18.1 Å². The highest BCUT2D eigenvalue weighted by Gasteiger charge is 2.26. The number of ether oxygens (including phenoxy) is 2. The van der Waals surface area contributed by atoms with E-state index >= 15 is 0 Å². The molecule has 3 rings (SSSR count). The molecule has 6 nitrogen and oxygen atoms in total. The Bertz CT molecular complexity index is 762. The maximum atomic E-state index is 12.8. The Morgan fingerprint density at radius 3 is 2.64 bits per heavy atom. The van der Waals surface area contributed by atoms with Crippen molar-refractivity contribution in [2.45, 2.75) is 19.1 Å². The highest BCUT2D eigenvalue weighted by Crippen LogP contribution is 2.35. The van der Waals surface area contributed by atoms with E-state index in [-0.39, 0.29) is 25.7 Å². The summed E-state index contributed by atoms with van der Waals surface area (Å²) in [7, 11) is 0. The van der Waals surface area contributed by atoms with Gasteiger partial charge in [0.2, 0.25) is 6.79 Å². The first kappa shape index (κ1) is 17.0. The zero-order valence-electron chi connectivity index (χ0n) is 13.7. The Morgan fingerprint density at radius 1 is 1.16 bits per heavy atom. The van der Waals surface area contributed by atoms with Gasteiger partial charge in [-0.1, -0.05) is 18.2 Å². The first-order chi connectivity index (χ1) is 11.9. The summed E-state index contributed by atoms with van der Waals surface area (Å²) >= 11 is 0. The molecule has 1 atom stereocenters. The number of amides is 2. The van der Waals surface area contributed by atoms with Crippen molar-refractivity contribution in [3.63, 3.8) is 0 Å². The number of fused-ring (bicyclic) bond motifs is 1. The lowest BCUT2D eigenvalue weighted by atomic mass is 9.95. The molecular formula is C18H19FN2O4. The van der Waals surface area contributed by atoms with E-state index in [0.717, 1.165) is 5.56 Å². The van der Waals surface area contributed by atoms with Gasteiger partial charge >= 0.3 is 6.03 Å². The third-order valence-electron chi connectivity index (χ3n) is 3.95. The van der Waals surface area contributed by atoms with Gasteiger partial charge in [-0.05, 0) is 42.3 Å². The van der Waals surface area contributed by atoms with Gasteiger partial charge in [-0.3, -0.25) is 0 Å². The molecule has 1 heterocycles. The van der Waals surface area contributed by atoms with E-state index in [1.807, 2.05) is 0 Å². The molecular weight excluding hydrogens is 327 g/mol. The summed E-state index contributed by atoms with van der Waals surface area (Å²) < 4.78 is 23.4. The summed E-state index contributed by atoms with van der Waals surface area (Å²) in [6.07, 6.45) is 0. The number of carbonyl (C=O) groups excluding carboxylic acids is 1. The van der Waals surface area contributed by atoms with Gasteiger partial charge in [-0.15, -0.1) is 0 Å². The second kappa shape index (κ2) is 6.98. The monoisotopic (exact) mass is 346 g/mol. The summed E-state index contributed by atoms with van der Waals surface area (Å²) in [5, 5.41) is 15.9. The van der Waals surface area contributed by atoms with Gasteiger partial charge in [0.1, 0.15) is 11.4 Å². The number of halogens is 1. The molecule has 1 aliphatic heterocycles. The molecule has 2 aromatic carbocycles. The highest BCUT2D eigenvalue weighted by atomic mass is 19.1. The second-order valence-corrected chi connectivity index (χ2v) is 6.00. The molecule has 0 bridgehead atoms. The first-order valence-corrected chi connectivity index (χ1v) is 7.83. The number of aliphatic hydroxyl groups is 1. The van der Waals surface area contributed by atoms with E-state index in [1.165, 1.54) is 12.1 Å². The van der Waals surface area contributed by atoms with Crippen molar-refractivity contribution < 1.29 is 23.8 Å². The lowest BCUT2D eigenvalue weighted by Gasteiger charge is -2.24. The van der Waals surface area contributed by atoms with Gasteiger partial charge in [0, 0.05) is 6.54 Å². The van der Waals surface area contributed by atoms with E-state index in [1.54, 1.807) is 37.3 Å². The van der Waals surface area contributed by atoms with Crippen molar-refractivity contribution in [2.75, 3.05) is 13.3 Å². The van der Waals surface area contributed by atoms with Gasteiger partial charge < -0.3 is 25.2 Å². The van der Waals surface area contributed by atoms with Crippen LogP contribution in [0.4, 0.5) is 9.18 Å². The van der Waals surface area contributed by atoms with Crippen LogP contribution in [0.15, 0.2) is 42.5 Å². The Morgan fingerprint density at radius 2 is 1.88 bits per heavy atom. The molecule has 7 heteroatoms. The van der Waals surface area contributed by atoms with Crippen LogP contribution in [0.3, 0.4) is 0 Å². The molecule has 0 spiro atoms. The number of hydrogen-bond donors (Lipinski definition) is 3. The summed E-state index contributed by atoms with van der Waals surface area (Å²) in [4.78, 5) is 11.9. The van der Waals surface area contributed by atoms with Crippen molar-refractivity contribution in [1.82, 2.24) is 10.6 Å². The van der Waals surface area contributed by atoms with Crippen molar-refractivity contribution >= 4 is 6.03 Å². The van der Waals surface area contributed by atoms with Gasteiger partial charge in [-0.25, -0.2) is 9.18 Å². The number of urea groups is 1. The third kappa shape index (κ3) is 4.19. The smallest absolute Gasteiger partial charge is 0.315 e. The predicted molar refractivity (Wildman–Crippen MR) is 88.8 cm³/mol. The first-order valence-electron chi connectivity index (χ1n) is 7.83. The van der Waals surface area contributed by atoms with Crippen molar-refractivity contribution in [3.05, 3.63) is 59.4 Å². The maximum Gasteiger partial charge on any atom is 0.315 e.